The van der Waals surface area contributed by atoms with Gasteiger partial charge in [-0.3, -0.25) is 0 Å². The molecule has 2 aliphatic carbocycles. The van der Waals surface area contributed by atoms with Crippen LogP contribution in [-0.4, -0.2) is 13.1 Å². The lowest BCUT2D eigenvalue weighted by atomic mass is 9.87. The molecule has 2 rings (SSSR count). The van der Waals surface area contributed by atoms with E-state index in [0.717, 1.165) is 36.8 Å². The molecule has 0 saturated heterocycles. The number of fused-ring (bicyclic) bond motifs is 2. The van der Waals surface area contributed by atoms with Crippen molar-refractivity contribution in [3.8, 4) is 0 Å². The SMILES string of the molecule is NCCC1C2CCC1C(C[NH3+])C2. The molecule has 12 heavy (non-hydrogen) atoms. The highest BCUT2D eigenvalue weighted by atomic mass is 14.6. The largest absolute Gasteiger partial charge is 0.357 e. The van der Waals surface area contributed by atoms with Crippen LogP contribution in [-0.2, 0) is 0 Å². The minimum Gasteiger partial charge on any atom is -0.357 e. The first-order chi connectivity index (χ1) is 5.86. The predicted octanol–water partition coefficient (Wildman–Crippen LogP) is 0.239. The molecular weight excluding hydrogens is 148 g/mol. The van der Waals surface area contributed by atoms with E-state index in [4.69, 9.17) is 5.73 Å². The van der Waals surface area contributed by atoms with Crippen molar-refractivity contribution in [3.63, 3.8) is 0 Å². The molecule has 4 unspecified atom stereocenters. The van der Waals surface area contributed by atoms with Crippen LogP contribution in [0.15, 0.2) is 0 Å². The fraction of sp³-hybridized carbons (Fsp3) is 1.00. The topological polar surface area (TPSA) is 53.7 Å². The highest BCUT2D eigenvalue weighted by molar-refractivity contribution is 4.96. The van der Waals surface area contributed by atoms with Crippen molar-refractivity contribution >= 4 is 0 Å². The first kappa shape index (κ1) is 8.52. The lowest BCUT2D eigenvalue weighted by Gasteiger charge is -2.18. The number of quaternary nitrogens is 1. The zero-order chi connectivity index (χ0) is 8.55. The lowest BCUT2D eigenvalue weighted by Crippen LogP contribution is -2.54. The number of hydrogen-bond acceptors (Lipinski definition) is 1. The molecule has 0 aliphatic heterocycles. The van der Waals surface area contributed by atoms with Gasteiger partial charge in [-0.15, -0.1) is 0 Å². The second kappa shape index (κ2) is 3.35. The maximum absolute atomic E-state index is 5.63. The van der Waals surface area contributed by atoms with Gasteiger partial charge in [0.2, 0.25) is 0 Å². The Morgan fingerprint density at radius 3 is 2.75 bits per heavy atom. The fourth-order valence-electron chi connectivity index (χ4n) is 3.60. The van der Waals surface area contributed by atoms with E-state index in [0.29, 0.717) is 0 Å². The molecule has 2 bridgehead atoms. The van der Waals surface area contributed by atoms with Crippen LogP contribution in [0.4, 0.5) is 0 Å². The third kappa shape index (κ3) is 1.17. The van der Waals surface area contributed by atoms with E-state index in [1.165, 1.54) is 25.7 Å². The molecule has 2 saturated carbocycles. The molecule has 2 heteroatoms. The minimum absolute atomic E-state index is 0.890. The first-order valence-corrected chi connectivity index (χ1v) is 5.36. The summed E-state index contributed by atoms with van der Waals surface area (Å²) in [6, 6.07) is 0. The minimum atomic E-state index is 0.890. The normalized spacial score (nSPS) is 45.5. The Labute approximate surface area is 74.7 Å². The van der Waals surface area contributed by atoms with Crippen molar-refractivity contribution in [2.45, 2.75) is 25.7 Å². The van der Waals surface area contributed by atoms with Gasteiger partial charge in [0.05, 0.1) is 6.54 Å². The quantitative estimate of drug-likeness (QED) is 0.625. The average Bonchev–Trinajstić information content (AvgIpc) is 2.63. The van der Waals surface area contributed by atoms with Gasteiger partial charge in [0.25, 0.3) is 0 Å². The monoisotopic (exact) mass is 169 g/mol. The van der Waals surface area contributed by atoms with Crippen LogP contribution < -0.4 is 11.5 Å². The van der Waals surface area contributed by atoms with Crippen molar-refractivity contribution in [3.05, 3.63) is 0 Å². The van der Waals surface area contributed by atoms with E-state index in [1.54, 1.807) is 0 Å². The first-order valence-electron chi connectivity index (χ1n) is 5.36. The van der Waals surface area contributed by atoms with Crippen molar-refractivity contribution in [1.82, 2.24) is 0 Å². The van der Waals surface area contributed by atoms with Gasteiger partial charge in [0.1, 0.15) is 0 Å². The summed E-state index contributed by atoms with van der Waals surface area (Å²) in [7, 11) is 0. The zero-order valence-corrected chi connectivity index (χ0v) is 7.84. The van der Waals surface area contributed by atoms with Gasteiger partial charge in [-0.1, -0.05) is 0 Å². The molecule has 0 radical (unpaired) electrons. The second-order valence-electron chi connectivity index (χ2n) is 4.53. The van der Waals surface area contributed by atoms with Crippen LogP contribution in [0.2, 0.25) is 0 Å². The van der Waals surface area contributed by atoms with Gasteiger partial charge < -0.3 is 11.5 Å². The Morgan fingerprint density at radius 2 is 2.17 bits per heavy atom. The Bertz CT molecular complexity index is 158. The number of hydrogen-bond donors (Lipinski definition) is 2. The van der Waals surface area contributed by atoms with Crippen LogP contribution in [0.25, 0.3) is 0 Å². The van der Waals surface area contributed by atoms with Gasteiger partial charge in [-0.25, -0.2) is 0 Å². The molecule has 0 aromatic carbocycles. The molecule has 2 fully saturated rings. The van der Waals surface area contributed by atoms with Crippen LogP contribution in [0.1, 0.15) is 25.7 Å². The fourth-order valence-corrected chi connectivity index (χ4v) is 3.60. The molecule has 0 heterocycles. The smallest absolute Gasteiger partial charge is 0.0771 e. The third-order valence-corrected chi connectivity index (χ3v) is 4.11. The molecule has 0 aromatic heterocycles. The van der Waals surface area contributed by atoms with Crippen molar-refractivity contribution in [1.29, 1.82) is 0 Å². The Kier molecular flexibility index (Phi) is 2.37. The van der Waals surface area contributed by atoms with E-state index >= 15 is 0 Å². The summed E-state index contributed by atoms with van der Waals surface area (Å²) >= 11 is 0. The van der Waals surface area contributed by atoms with E-state index in [9.17, 15) is 0 Å². The summed E-state index contributed by atoms with van der Waals surface area (Å²) in [6.07, 6.45) is 5.67. The molecule has 2 aliphatic rings. The summed E-state index contributed by atoms with van der Waals surface area (Å²) in [5.41, 5.74) is 9.68. The molecule has 2 nitrogen and oxygen atoms in total. The van der Waals surface area contributed by atoms with Crippen molar-refractivity contribution < 1.29 is 5.73 Å². The Morgan fingerprint density at radius 1 is 1.33 bits per heavy atom. The third-order valence-electron chi connectivity index (χ3n) is 4.11. The average molecular weight is 169 g/mol. The van der Waals surface area contributed by atoms with Gasteiger partial charge in [0.15, 0.2) is 0 Å². The maximum atomic E-state index is 5.63. The van der Waals surface area contributed by atoms with Gasteiger partial charge >= 0.3 is 0 Å². The van der Waals surface area contributed by atoms with Crippen molar-refractivity contribution in [2.75, 3.05) is 13.1 Å². The van der Waals surface area contributed by atoms with E-state index in [2.05, 4.69) is 5.73 Å². The van der Waals surface area contributed by atoms with Crippen LogP contribution in [0, 0.1) is 23.7 Å². The summed E-state index contributed by atoms with van der Waals surface area (Å²) in [6.45, 7) is 2.05. The molecule has 0 spiro atoms. The highest BCUT2D eigenvalue weighted by Gasteiger charge is 2.47. The second-order valence-corrected chi connectivity index (χ2v) is 4.53. The van der Waals surface area contributed by atoms with Crippen LogP contribution >= 0.6 is 0 Å². The Hall–Kier alpha value is -0.0800. The highest BCUT2D eigenvalue weighted by Crippen LogP contribution is 2.53. The Balaban J connectivity index is 1.99. The van der Waals surface area contributed by atoms with Crippen molar-refractivity contribution in [2.24, 2.45) is 29.4 Å². The van der Waals surface area contributed by atoms with E-state index in [-0.39, 0.29) is 0 Å². The predicted molar refractivity (Wildman–Crippen MR) is 49.2 cm³/mol. The molecule has 0 amide bonds. The summed E-state index contributed by atoms with van der Waals surface area (Å²) in [5, 5.41) is 0. The van der Waals surface area contributed by atoms with Crippen LogP contribution in [0.5, 0.6) is 0 Å². The lowest BCUT2D eigenvalue weighted by molar-refractivity contribution is -0.381. The maximum Gasteiger partial charge on any atom is 0.0771 e. The summed E-state index contributed by atoms with van der Waals surface area (Å²) < 4.78 is 0. The number of rotatable bonds is 3. The number of nitrogens with two attached hydrogens (primary N) is 1. The van der Waals surface area contributed by atoms with E-state index in [1.807, 2.05) is 0 Å². The molecular formula is C10H21N2+. The summed E-state index contributed by atoms with van der Waals surface area (Å²) in [5.74, 6) is 3.93. The molecule has 5 N–H and O–H groups in total. The van der Waals surface area contributed by atoms with E-state index < -0.39 is 0 Å². The zero-order valence-electron chi connectivity index (χ0n) is 7.84. The summed E-state index contributed by atoms with van der Waals surface area (Å²) in [4.78, 5) is 0. The standard InChI is InChI=1S/C10H20N2/c11-4-3-10-7-1-2-9(10)8(5-7)6-12/h7-10H,1-6,11-12H2/p+1. The molecule has 0 aromatic rings. The van der Waals surface area contributed by atoms with Crippen LogP contribution in [0.3, 0.4) is 0 Å². The van der Waals surface area contributed by atoms with Gasteiger partial charge in [-0.2, -0.15) is 0 Å². The molecule has 70 valence electrons. The van der Waals surface area contributed by atoms with Gasteiger partial charge in [-0.05, 0) is 50.0 Å². The van der Waals surface area contributed by atoms with Gasteiger partial charge in [0, 0.05) is 5.92 Å². The molecule has 4 atom stereocenters.